The molecule has 2 rings (SSSR count). The van der Waals surface area contributed by atoms with E-state index in [2.05, 4.69) is 20.2 Å². The molecule has 2 aromatic rings. The molecule has 0 aromatic carbocycles. The summed E-state index contributed by atoms with van der Waals surface area (Å²) in [7, 11) is -2.17. The smallest absolute Gasteiger partial charge is 0.267 e. The quantitative estimate of drug-likeness (QED) is 0.882. The molecule has 0 atom stereocenters. The summed E-state index contributed by atoms with van der Waals surface area (Å²) in [6, 6.07) is 3.01. The molecule has 0 unspecified atom stereocenters. The number of anilines is 2. The molecule has 0 radical (unpaired) electrons. The topological polar surface area (TPSA) is 97.1 Å². The van der Waals surface area contributed by atoms with E-state index in [1.54, 1.807) is 27.0 Å². The molecule has 0 aliphatic carbocycles. The lowest BCUT2D eigenvalue weighted by atomic mass is 10.3. The molecule has 0 spiro atoms. The van der Waals surface area contributed by atoms with Crippen molar-refractivity contribution in [2.45, 2.75) is 18.7 Å². The second-order valence-corrected chi connectivity index (χ2v) is 5.58. The largest absolute Gasteiger partial charge is 0.372 e. The monoisotopic (exact) mass is 282 g/mol. The number of pyridine rings is 1. The second-order valence-electron chi connectivity index (χ2n) is 3.93. The highest BCUT2D eigenvalue weighted by molar-refractivity contribution is 7.92. The average molecular weight is 282 g/mol. The van der Waals surface area contributed by atoms with Gasteiger partial charge in [0.1, 0.15) is 10.7 Å². The third-order valence-electron chi connectivity index (χ3n) is 2.68. The molecule has 8 heteroatoms. The fraction of sp³-hybridized carbons (Fsp3) is 0.273. The number of sulfonamides is 1. The lowest BCUT2D eigenvalue weighted by Crippen LogP contribution is -2.15. The van der Waals surface area contributed by atoms with E-state index >= 15 is 0 Å². The molecule has 0 fully saturated rings. The SMILES string of the molecule is CNc1ncccc1S(=O)(=O)Nc1onc(C)c1C. The number of nitrogens with one attached hydrogen (secondary N) is 2. The van der Waals surface area contributed by atoms with Crippen LogP contribution >= 0.6 is 0 Å². The van der Waals surface area contributed by atoms with Crippen LogP contribution in [-0.2, 0) is 10.0 Å². The van der Waals surface area contributed by atoms with E-state index < -0.39 is 10.0 Å². The van der Waals surface area contributed by atoms with Gasteiger partial charge in [0.2, 0.25) is 5.88 Å². The maximum absolute atomic E-state index is 12.3. The predicted octanol–water partition coefficient (Wildman–Crippen LogP) is 1.53. The van der Waals surface area contributed by atoms with Crippen LogP contribution in [0, 0.1) is 13.8 Å². The molecule has 19 heavy (non-hydrogen) atoms. The van der Waals surface area contributed by atoms with E-state index in [-0.39, 0.29) is 16.6 Å². The van der Waals surface area contributed by atoms with Gasteiger partial charge in [-0.05, 0) is 26.0 Å². The van der Waals surface area contributed by atoms with Crippen LogP contribution in [0.25, 0.3) is 0 Å². The lowest BCUT2D eigenvalue weighted by molar-refractivity contribution is 0.430. The van der Waals surface area contributed by atoms with Crippen molar-refractivity contribution in [3.05, 3.63) is 29.6 Å². The summed E-state index contributed by atoms with van der Waals surface area (Å²) in [5, 5.41) is 6.43. The molecule has 0 amide bonds. The van der Waals surface area contributed by atoms with Crippen LogP contribution in [0.2, 0.25) is 0 Å². The van der Waals surface area contributed by atoms with Gasteiger partial charge in [-0.15, -0.1) is 0 Å². The minimum Gasteiger partial charge on any atom is -0.372 e. The molecule has 102 valence electrons. The van der Waals surface area contributed by atoms with Crippen LogP contribution in [0.3, 0.4) is 0 Å². The Hall–Kier alpha value is -2.09. The van der Waals surface area contributed by atoms with Crippen molar-refractivity contribution in [3.8, 4) is 0 Å². The van der Waals surface area contributed by atoms with Gasteiger partial charge in [-0.2, -0.15) is 0 Å². The van der Waals surface area contributed by atoms with Gasteiger partial charge in [0.15, 0.2) is 0 Å². The Bertz CT molecular complexity index is 694. The van der Waals surface area contributed by atoms with Crippen LogP contribution in [0.4, 0.5) is 11.7 Å². The summed E-state index contributed by atoms with van der Waals surface area (Å²) in [6.45, 7) is 3.46. The van der Waals surface area contributed by atoms with Crippen molar-refractivity contribution in [3.63, 3.8) is 0 Å². The van der Waals surface area contributed by atoms with Crippen LogP contribution in [0.5, 0.6) is 0 Å². The number of hydrogen-bond acceptors (Lipinski definition) is 6. The molecule has 2 N–H and O–H groups in total. The lowest BCUT2D eigenvalue weighted by Gasteiger charge is -2.09. The molecular formula is C11H14N4O3S. The average Bonchev–Trinajstić information content (AvgIpc) is 2.70. The molecule has 0 bridgehead atoms. The van der Waals surface area contributed by atoms with Gasteiger partial charge in [0.05, 0.1) is 5.69 Å². The first kappa shape index (κ1) is 13.3. The van der Waals surface area contributed by atoms with Crippen LogP contribution in [0.15, 0.2) is 27.7 Å². The number of hydrogen-bond donors (Lipinski definition) is 2. The fourth-order valence-corrected chi connectivity index (χ4v) is 2.69. The summed E-state index contributed by atoms with van der Waals surface area (Å²) in [4.78, 5) is 4.00. The van der Waals surface area contributed by atoms with E-state index in [0.717, 1.165) is 0 Å². The summed E-state index contributed by atoms with van der Waals surface area (Å²) in [5.74, 6) is 0.382. The summed E-state index contributed by atoms with van der Waals surface area (Å²) in [5.41, 5.74) is 1.29. The summed E-state index contributed by atoms with van der Waals surface area (Å²) in [6.07, 6.45) is 1.51. The van der Waals surface area contributed by atoms with Crippen molar-refractivity contribution in [2.24, 2.45) is 0 Å². The molecular weight excluding hydrogens is 268 g/mol. The summed E-state index contributed by atoms with van der Waals surface area (Å²) < 4.78 is 31.8. The molecule has 2 heterocycles. The Labute approximate surface area is 111 Å². The third kappa shape index (κ3) is 2.53. The van der Waals surface area contributed by atoms with E-state index in [9.17, 15) is 8.42 Å². The van der Waals surface area contributed by atoms with Crippen molar-refractivity contribution < 1.29 is 12.9 Å². The van der Waals surface area contributed by atoms with E-state index in [0.29, 0.717) is 11.3 Å². The van der Waals surface area contributed by atoms with E-state index in [1.807, 2.05) is 0 Å². The standard InChI is InChI=1S/C11H14N4O3S/c1-7-8(2)14-18-11(7)15-19(16,17)9-5-4-6-13-10(9)12-3/h4-6,15H,1-3H3,(H,12,13). The number of aryl methyl sites for hydroxylation is 1. The van der Waals surface area contributed by atoms with Gasteiger partial charge in [0.25, 0.3) is 10.0 Å². The predicted molar refractivity (Wildman–Crippen MR) is 70.6 cm³/mol. The van der Waals surface area contributed by atoms with Crippen molar-refractivity contribution in [1.29, 1.82) is 0 Å². The first-order valence-corrected chi connectivity index (χ1v) is 7.02. The summed E-state index contributed by atoms with van der Waals surface area (Å²) >= 11 is 0. The fourth-order valence-electron chi connectivity index (χ4n) is 1.48. The van der Waals surface area contributed by atoms with Crippen LogP contribution in [-0.4, -0.2) is 25.6 Å². The zero-order valence-corrected chi connectivity index (χ0v) is 11.6. The highest BCUT2D eigenvalue weighted by Crippen LogP contribution is 2.24. The highest BCUT2D eigenvalue weighted by Gasteiger charge is 2.22. The van der Waals surface area contributed by atoms with Crippen LogP contribution in [0.1, 0.15) is 11.3 Å². The number of rotatable bonds is 4. The van der Waals surface area contributed by atoms with Gasteiger partial charge in [-0.25, -0.2) is 18.1 Å². The molecule has 7 nitrogen and oxygen atoms in total. The van der Waals surface area contributed by atoms with Crippen molar-refractivity contribution in [2.75, 3.05) is 17.1 Å². The Kier molecular flexibility index (Phi) is 3.43. The molecule has 0 saturated heterocycles. The Morgan fingerprint density at radius 3 is 2.63 bits per heavy atom. The maximum Gasteiger partial charge on any atom is 0.267 e. The van der Waals surface area contributed by atoms with Gasteiger partial charge in [-0.1, -0.05) is 5.16 Å². The number of nitrogens with zero attached hydrogens (tertiary/aromatic N) is 2. The van der Waals surface area contributed by atoms with Crippen molar-refractivity contribution in [1.82, 2.24) is 10.1 Å². The highest BCUT2D eigenvalue weighted by atomic mass is 32.2. The Balaban J connectivity index is 2.41. The van der Waals surface area contributed by atoms with Gasteiger partial charge < -0.3 is 9.84 Å². The number of aromatic nitrogens is 2. The van der Waals surface area contributed by atoms with Gasteiger partial charge in [-0.3, -0.25) is 0 Å². The molecule has 0 aliphatic heterocycles. The maximum atomic E-state index is 12.3. The van der Waals surface area contributed by atoms with Crippen molar-refractivity contribution >= 4 is 21.7 Å². The Morgan fingerprint density at radius 2 is 2.05 bits per heavy atom. The molecule has 0 aliphatic rings. The first-order chi connectivity index (χ1) is 8.95. The first-order valence-electron chi connectivity index (χ1n) is 5.54. The molecule has 2 aromatic heterocycles. The minimum atomic E-state index is -3.77. The van der Waals surface area contributed by atoms with Gasteiger partial charge >= 0.3 is 0 Å². The molecule has 0 saturated carbocycles. The third-order valence-corrected chi connectivity index (χ3v) is 4.04. The van der Waals surface area contributed by atoms with E-state index in [4.69, 9.17) is 4.52 Å². The second kappa shape index (κ2) is 4.88. The zero-order chi connectivity index (χ0) is 14.0. The Morgan fingerprint density at radius 1 is 1.32 bits per heavy atom. The van der Waals surface area contributed by atoms with E-state index in [1.165, 1.54) is 12.3 Å². The van der Waals surface area contributed by atoms with Gasteiger partial charge in [0, 0.05) is 18.8 Å². The normalized spacial score (nSPS) is 11.3. The zero-order valence-electron chi connectivity index (χ0n) is 10.8. The van der Waals surface area contributed by atoms with Crippen LogP contribution < -0.4 is 10.0 Å². The minimum absolute atomic E-state index is 0.0472.